The van der Waals surface area contributed by atoms with Crippen molar-refractivity contribution in [2.24, 2.45) is 0 Å². The van der Waals surface area contributed by atoms with Gasteiger partial charge in [-0.05, 0) is 13.0 Å². The summed E-state index contributed by atoms with van der Waals surface area (Å²) < 4.78 is 70.4. The van der Waals surface area contributed by atoms with E-state index in [9.17, 15) is 26.7 Å². The summed E-state index contributed by atoms with van der Waals surface area (Å²) in [5.41, 5.74) is -0.998. The summed E-state index contributed by atoms with van der Waals surface area (Å²) in [6.45, 7) is 1.55. The number of halogens is 5. The predicted molar refractivity (Wildman–Crippen MR) is 68.2 cm³/mol. The standard InChI is InChI=1S/C13H15F5N2O2/c1-7(22-2)6-19-12(21)20-11(13(16,17)18)8-4-3-5-9(14)10(8)15/h3-5,7,11H,6H2,1-2H3,(H2,19,20,21)/t7-,11-/m1/s1. The van der Waals surface area contributed by atoms with E-state index >= 15 is 0 Å². The SMILES string of the molecule is CO[C@H](C)CNC(=O)N[C@H](c1cccc(F)c1F)C(F)(F)F. The Bertz CT molecular complexity index is 522. The molecule has 2 amide bonds. The van der Waals surface area contributed by atoms with Crippen molar-refractivity contribution in [1.29, 1.82) is 0 Å². The average Bonchev–Trinajstić information content (AvgIpc) is 2.44. The minimum absolute atomic E-state index is 0.0431. The number of benzene rings is 1. The predicted octanol–water partition coefficient (Wildman–Crippen LogP) is 2.90. The molecule has 0 radical (unpaired) electrons. The van der Waals surface area contributed by atoms with Crippen LogP contribution in [0.4, 0.5) is 26.7 Å². The van der Waals surface area contributed by atoms with E-state index in [1.165, 1.54) is 7.11 Å². The highest BCUT2D eigenvalue weighted by Crippen LogP contribution is 2.34. The van der Waals surface area contributed by atoms with Gasteiger partial charge in [0, 0.05) is 19.2 Å². The Kier molecular flexibility index (Phi) is 6.10. The number of methoxy groups -OCH3 is 1. The van der Waals surface area contributed by atoms with Crippen molar-refractivity contribution in [3.63, 3.8) is 0 Å². The number of hydrogen-bond donors (Lipinski definition) is 2. The Morgan fingerprint density at radius 3 is 2.50 bits per heavy atom. The van der Waals surface area contributed by atoms with Crippen LogP contribution >= 0.6 is 0 Å². The Morgan fingerprint density at radius 2 is 1.95 bits per heavy atom. The zero-order chi connectivity index (χ0) is 16.9. The van der Waals surface area contributed by atoms with E-state index in [1.54, 1.807) is 12.2 Å². The maximum absolute atomic E-state index is 13.5. The van der Waals surface area contributed by atoms with Crippen molar-refractivity contribution in [3.05, 3.63) is 35.4 Å². The molecule has 1 aromatic carbocycles. The summed E-state index contributed by atoms with van der Waals surface area (Å²) in [5, 5.41) is 3.73. The van der Waals surface area contributed by atoms with Gasteiger partial charge in [-0.1, -0.05) is 12.1 Å². The number of ether oxygens (including phenoxy) is 1. The number of rotatable bonds is 5. The van der Waals surface area contributed by atoms with Gasteiger partial charge in [-0.15, -0.1) is 0 Å². The number of hydrogen-bond acceptors (Lipinski definition) is 2. The maximum atomic E-state index is 13.5. The van der Waals surface area contributed by atoms with Crippen molar-refractivity contribution in [2.75, 3.05) is 13.7 Å². The van der Waals surface area contributed by atoms with Gasteiger partial charge < -0.3 is 15.4 Å². The van der Waals surface area contributed by atoms with Crippen molar-refractivity contribution in [1.82, 2.24) is 10.6 Å². The van der Waals surface area contributed by atoms with Crippen LogP contribution in [0.5, 0.6) is 0 Å². The van der Waals surface area contributed by atoms with Crippen LogP contribution in [0, 0.1) is 11.6 Å². The number of amides is 2. The van der Waals surface area contributed by atoms with Crippen LogP contribution in [0.3, 0.4) is 0 Å². The molecule has 0 aromatic heterocycles. The van der Waals surface area contributed by atoms with Crippen LogP contribution in [0.1, 0.15) is 18.5 Å². The molecule has 0 aliphatic rings. The highest BCUT2D eigenvalue weighted by atomic mass is 19.4. The molecule has 0 heterocycles. The lowest BCUT2D eigenvalue weighted by atomic mass is 10.1. The lowest BCUT2D eigenvalue weighted by molar-refractivity contribution is -0.155. The summed E-state index contributed by atoms with van der Waals surface area (Å²) in [6.07, 6.45) is -5.40. The first-order valence-corrected chi connectivity index (χ1v) is 6.24. The number of urea groups is 1. The van der Waals surface area contributed by atoms with Crippen molar-refractivity contribution in [2.45, 2.75) is 25.2 Å². The van der Waals surface area contributed by atoms with Gasteiger partial charge in [-0.3, -0.25) is 0 Å². The average molecular weight is 326 g/mol. The van der Waals surface area contributed by atoms with E-state index in [0.29, 0.717) is 6.07 Å². The van der Waals surface area contributed by atoms with Crippen LogP contribution in [-0.4, -0.2) is 32.0 Å². The fourth-order valence-electron chi connectivity index (χ4n) is 1.58. The molecule has 0 fully saturated rings. The van der Waals surface area contributed by atoms with Crippen LogP contribution < -0.4 is 10.6 Å². The lowest BCUT2D eigenvalue weighted by Crippen LogP contribution is -2.45. The van der Waals surface area contributed by atoms with Gasteiger partial charge in [-0.2, -0.15) is 13.2 Å². The minimum atomic E-state index is -4.99. The molecule has 1 aromatic rings. The van der Waals surface area contributed by atoms with Gasteiger partial charge in [0.05, 0.1) is 6.10 Å². The van der Waals surface area contributed by atoms with Gasteiger partial charge in [0.15, 0.2) is 17.7 Å². The normalized spacial score (nSPS) is 14.3. The molecule has 0 saturated heterocycles. The Balaban J connectivity index is 2.91. The van der Waals surface area contributed by atoms with Crippen LogP contribution in [0.25, 0.3) is 0 Å². The molecule has 2 atom stereocenters. The monoisotopic (exact) mass is 326 g/mol. The van der Waals surface area contributed by atoms with E-state index in [1.807, 2.05) is 0 Å². The highest BCUT2D eigenvalue weighted by molar-refractivity contribution is 5.74. The smallest absolute Gasteiger partial charge is 0.380 e. The van der Waals surface area contributed by atoms with E-state index < -0.39 is 41.6 Å². The van der Waals surface area contributed by atoms with Crippen molar-refractivity contribution < 1.29 is 31.5 Å². The fourth-order valence-corrected chi connectivity index (χ4v) is 1.58. The summed E-state index contributed by atoms with van der Waals surface area (Å²) in [7, 11) is 1.37. The zero-order valence-corrected chi connectivity index (χ0v) is 11.8. The molecular formula is C13H15F5N2O2. The summed E-state index contributed by atoms with van der Waals surface area (Å²) in [4.78, 5) is 11.5. The third-order valence-corrected chi connectivity index (χ3v) is 2.85. The van der Waals surface area contributed by atoms with Crippen LogP contribution in [-0.2, 0) is 4.74 Å². The Morgan fingerprint density at radius 1 is 1.32 bits per heavy atom. The highest BCUT2D eigenvalue weighted by Gasteiger charge is 2.43. The molecular weight excluding hydrogens is 311 g/mol. The summed E-state index contributed by atoms with van der Waals surface area (Å²) in [6, 6.07) is -1.46. The molecule has 9 heteroatoms. The third kappa shape index (κ3) is 4.83. The van der Waals surface area contributed by atoms with Gasteiger partial charge in [0.2, 0.25) is 0 Å². The summed E-state index contributed by atoms with van der Waals surface area (Å²) >= 11 is 0. The molecule has 2 N–H and O–H groups in total. The first-order valence-electron chi connectivity index (χ1n) is 6.24. The second kappa shape index (κ2) is 7.39. The quantitative estimate of drug-likeness (QED) is 0.818. The van der Waals surface area contributed by atoms with Gasteiger partial charge >= 0.3 is 12.2 Å². The van der Waals surface area contributed by atoms with Crippen LogP contribution in [0.2, 0.25) is 0 Å². The molecule has 4 nitrogen and oxygen atoms in total. The third-order valence-electron chi connectivity index (χ3n) is 2.85. The molecule has 0 spiro atoms. The molecule has 0 saturated carbocycles. The van der Waals surface area contributed by atoms with Gasteiger partial charge in [0.1, 0.15) is 0 Å². The van der Waals surface area contributed by atoms with E-state index in [-0.39, 0.29) is 6.54 Å². The Labute approximate surface area is 123 Å². The topological polar surface area (TPSA) is 50.4 Å². The number of alkyl halides is 3. The molecule has 0 bridgehead atoms. The van der Waals surface area contributed by atoms with Crippen molar-refractivity contribution in [3.8, 4) is 0 Å². The lowest BCUT2D eigenvalue weighted by Gasteiger charge is -2.23. The molecule has 0 unspecified atom stereocenters. The zero-order valence-electron chi connectivity index (χ0n) is 11.8. The Hall–Kier alpha value is -1.90. The van der Waals surface area contributed by atoms with E-state index in [2.05, 4.69) is 5.32 Å². The molecule has 0 aliphatic heterocycles. The van der Waals surface area contributed by atoms with E-state index in [0.717, 1.165) is 12.1 Å². The minimum Gasteiger partial charge on any atom is -0.380 e. The van der Waals surface area contributed by atoms with Gasteiger partial charge in [-0.25, -0.2) is 13.6 Å². The second-order valence-corrected chi connectivity index (χ2v) is 4.52. The number of nitrogens with one attached hydrogen (secondary N) is 2. The number of carbonyl (C=O) groups is 1. The fraction of sp³-hybridized carbons (Fsp3) is 0.462. The molecule has 1 rings (SSSR count). The molecule has 0 aliphatic carbocycles. The van der Waals surface area contributed by atoms with E-state index in [4.69, 9.17) is 4.74 Å². The first-order chi connectivity index (χ1) is 10.2. The maximum Gasteiger partial charge on any atom is 0.413 e. The first kappa shape index (κ1) is 18.1. The summed E-state index contributed by atoms with van der Waals surface area (Å²) in [5.74, 6) is -3.09. The largest absolute Gasteiger partial charge is 0.413 e. The molecule has 124 valence electrons. The second-order valence-electron chi connectivity index (χ2n) is 4.52. The molecule has 22 heavy (non-hydrogen) atoms. The van der Waals surface area contributed by atoms with Gasteiger partial charge in [0.25, 0.3) is 0 Å². The van der Waals surface area contributed by atoms with Crippen molar-refractivity contribution >= 4 is 6.03 Å². The number of carbonyl (C=O) groups excluding carboxylic acids is 1. The van der Waals surface area contributed by atoms with Crippen LogP contribution in [0.15, 0.2) is 18.2 Å².